The molecular weight excluding hydrogens is 206 g/mol. The minimum absolute atomic E-state index is 0.0582. The summed E-state index contributed by atoms with van der Waals surface area (Å²) in [5, 5.41) is 20.3. The van der Waals surface area contributed by atoms with Crippen molar-refractivity contribution in [2.24, 2.45) is 0 Å². The zero-order valence-electron chi connectivity index (χ0n) is 9.53. The standard InChI is InChI=1S/C12H17NO3/c1-8-3-4-11(9(2)5-8)12(16)13-6-10(15)7-14/h3-5,10,14-15H,6-7H2,1-2H3,(H,13,16)/t10-/m0/s1. The molecule has 0 aliphatic heterocycles. The van der Waals surface area contributed by atoms with Gasteiger partial charge in [-0.3, -0.25) is 4.79 Å². The second-order valence-electron chi connectivity index (χ2n) is 3.86. The van der Waals surface area contributed by atoms with Gasteiger partial charge >= 0.3 is 0 Å². The van der Waals surface area contributed by atoms with Crippen LogP contribution in [0.4, 0.5) is 0 Å². The lowest BCUT2D eigenvalue weighted by atomic mass is 10.1. The molecule has 0 bridgehead atoms. The van der Waals surface area contributed by atoms with E-state index in [-0.39, 0.29) is 19.1 Å². The van der Waals surface area contributed by atoms with Crippen LogP contribution in [0.5, 0.6) is 0 Å². The average Bonchev–Trinajstić information content (AvgIpc) is 2.25. The van der Waals surface area contributed by atoms with E-state index in [1.807, 2.05) is 26.0 Å². The molecule has 0 radical (unpaired) electrons. The first-order valence-corrected chi connectivity index (χ1v) is 5.19. The van der Waals surface area contributed by atoms with E-state index in [1.165, 1.54) is 0 Å². The lowest BCUT2D eigenvalue weighted by Gasteiger charge is -2.10. The third-order valence-electron chi connectivity index (χ3n) is 2.34. The van der Waals surface area contributed by atoms with Crippen LogP contribution < -0.4 is 5.32 Å². The number of nitrogens with one attached hydrogen (secondary N) is 1. The molecule has 0 spiro atoms. The van der Waals surface area contributed by atoms with E-state index in [1.54, 1.807) is 6.07 Å². The minimum atomic E-state index is -0.908. The van der Waals surface area contributed by atoms with Crippen molar-refractivity contribution in [2.45, 2.75) is 20.0 Å². The van der Waals surface area contributed by atoms with Crippen LogP contribution in [0.3, 0.4) is 0 Å². The van der Waals surface area contributed by atoms with Crippen LogP contribution in [0.1, 0.15) is 21.5 Å². The molecule has 1 atom stereocenters. The molecule has 0 unspecified atom stereocenters. The van der Waals surface area contributed by atoms with Gasteiger partial charge in [-0.2, -0.15) is 0 Å². The fraction of sp³-hybridized carbons (Fsp3) is 0.417. The van der Waals surface area contributed by atoms with Crippen LogP contribution in [0.15, 0.2) is 18.2 Å². The van der Waals surface area contributed by atoms with Crippen molar-refractivity contribution in [1.29, 1.82) is 0 Å². The molecule has 4 nitrogen and oxygen atoms in total. The molecule has 1 rings (SSSR count). The van der Waals surface area contributed by atoms with Gasteiger partial charge in [0.15, 0.2) is 0 Å². The summed E-state index contributed by atoms with van der Waals surface area (Å²) >= 11 is 0. The average molecular weight is 223 g/mol. The molecule has 4 heteroatoms. The molecule has 1 aromatic rings. The Morgan fingerprint density at radius 2 is 2.12 bits per heavy atom. The van der Waals surface area contributed by atoms with E-state index >= 15 is 0 Å². The maximum Gasteiger partial charge on any atom is 0.251 e. The summed E-state index contributed by atoms with van der Waals surface area (Å²) in [6.07, 6.45) is -0.908. The normalized spacial score (nSPS) is 12.2. The molecule has 0 heterocycles. The summed E-state index contributed by atoms with van der Waals surface area (Å²) in [6, 6.07) is 5.55. The molecule has 3 N–H and O–H groups in total. The smallest absolute Gasteiger partial charge is 0.251 e. The van der Waals surface area contributed by atoms with Gasteiger partial charge in [-0.05, 0) is 25.5 Å². The van der Waals surface area contributed by atoms with Gasteiger partial charge in [0, 0.05) is 12.1 Å². The number of aliphatic hydroxyl groups is 2. The van der Waals surface area contributed by atoms with Gasteiger partial charge in [-0.15, -0.1) is 0 Å². The zero-order valence-corrected chi connectivity index (χ0v) is 9.53. The van der Waals surface area contributed by atoms with Gasteiger partial charge in [0.2, 0.25) is 0 Å². The number of hydrogen-bond donors (Lipinski definition) is 3. The van der Waals surface area contributed by atoms with Crippen molar-refractivity contribution in [2.75, 3.05) is 13.2 Å². The van der Waals surface area contributed by atoms with E-state index in [0.717, 1.165) is 11.1 Å². The second kappa shape index (κ2) is 5.63. The van der Waals surface area contributed by atoms with Crippen LogP contribution in [-0.2, 0) is 0 Å². The van der Waals surface area contributed by atoms with Crippen molar-refractivity contribution >= 4 is 5.91 Å². The molecule has 0 saturated carbocycles. The Balaban J connectivity index is 2.66. The summed E-state index contributed by atoms with van der Waals surface area (Å²) in [7, 11) is 0. The highest BCUT2D eigenvalue weighted by molar-refractivity contribution is 5.95. The van der Waals surface area contributed by atoms with Crippen LogP contribution in [-0.4, -0.2) is 35.4 Å². The number of amides is 1. The van der Waals surface area contributed by atoms with Crippen LogP contribution >= 0.6 is 0 Å². The molecule has 88 valence electrons. The van der Waals surface area contributed by atoms with Crippen LogP contribution in [0.25, 0.3) is 0 Å². The molecule has 0 aliphatic rings. The number of carbonyl (C=O) groups excluding carboxylic acids is 1. The van der Waals surface area contributed by atoms with E-state index in [9.17, 15) is 4.79 Å². The summed E-state index contributed by atoms with van der Waals surface area (Å²) in [4.78, 5) is 11.7. The van der Waals surface area contributed by atoms with E-state index < -0.39 is 6.10 Å². The Hall–Kier alpha value is -1.39. The maximum absolute atomic E-state index is 11.7. The maximum atomic E-state index is 11.7. The molecule has 0 aliphatic carbocycles. The van der Waals surface area contributed by atoms with E-state index in [4.69, 9.17) is 10.2 Å². The van der Waals surface area contributed by atoms with Gasteiger partial charge in [0.05, 0.1) is 12.7 Å². The first-order chi connectivity index (χ1) is 7.54. The fourth-order valence-corrected chi connectivity index (χ4v) is 1.44. The highest BCUT2D eigenvalue weighted by Gasteiger charge is 2.10. The SMILES string of the molecule is Cc1ccc(C(=O)NC[C@H](O)CO)c(C)c1. The van der Waals surface area contributed by atoms with Crippen molar-refractivity contribution in [3.8, 4) is 0 Å². The lowest BCUT2D eigenvalue weighted by Crippen LogP contribution is -2.34. The van der Waals surface area contributed by atoms with Gasteiger partial charge in [-0.1, -0.05) is 17.7 Å². The lowest BCUT2D eigenvalue weighted by molar-refractivity contribution is 0.0801. The topological polar surface area (TPSA) is 69.6 Å². The van der Waals surface area contributed by atoms with Gasteiger partial charge in [0.25, 0.3) is 5.91 Å². The van der Waals surface area contributed by atoms with Crippen molar-refractivity contribution < 1.29 is 15.0 Å². The summed E-state index contributed by atoms with van der Waals surface area (Å²) in [6.45, 7) is 3.53. The summed E-state index contributed by atoms with van der Waals surface area (Å²) in [5.41, 5.74) is 2.59. The monoisotopic (exact) mass is 223 g/mol. The van der Waals surface area contributed by atoms with Crippen LogP contribution in [0, 0.1) is 13.8 Å². The molecular formula is C12H17NO3. The van der Waals surface area contributed by atoms with Crippen molar-refractivity contribution in [3.63, 3.8) is 0 Å². The number of benzene rings is 1. The predicted molar refractivity (Wildman–Crippen MR) is 61.3 cm³/mol. The molecule has 0 fully saturated rings. The zero-order chi connectivity index (χ0) is 12.1. The number of hydrogen-bond acceptors (Lipinski definition) is 3. The highest BCUT2D eigenvalue weighted by atomic mass is 16.3. The third-order valence-corrected chi connectivity index (χ3v) is 2.34. The third kappa shape index (κ3) is 3.32. The Morgan fingerprint density at radius 3 is 2.69 bits per heavy atom. The molecule has 0 saturated heterocycles. The number of carbonyl (C=O) groups is 1. The Bertz CT molecular complexity index is 377. The Labute approximate surface area is 94.9 Å². The summed E-state index contributed by atoms with van der Waals surface area (Å²) < 4.78 is 0. The minimum Gasteiger partial charge on any atom is -0.394 e. The molecule has 1 amide bonds. The number of aryl methyl sites for hydroxylation is 2. The number of aliphatic hydroxyl groups excluding tert-OH is 2. The van der Waals surface area contributed by atoms with Crippen LogP contribution in [0.2, 0.25) is 0 Å². The van der Waals surface area contributed by atoms with Crippen molar-refractivity contribution in [3.05, 3.63) is 34.9 Å². The highest BCUT2D eigenvalue weighted by Crippen LogP contribution is 2.10. The van der Waals surface area contributed by atoms with Gasteiger partial charge < -0.3 is 15.5 Å². The summed E-state index contributed by atoms with van der Waals surface area (Å²) in [5.74, 6) is -0.231. The van der Waals surface area contributed by atoms with Crippen molar-refractivity contribution in [1.82, 2.24) is 5.32 Å². The van der Waals surface area contributed by atoms with E-state index in [2.05, 4.69) is 5.32 Å². The first kappa shape index (κ1) is 12.7. The molecule has 16 heavy (non-hydrogen) atoms. The second-order valence-corrected chi connectivity index (χ2v) is 3.86. The molecule has 0 aromatic heterocycles. The fourth-order valence-electron chi connectivity index (χ4n) is 1.44. The molecule has 1 aromatic carbocycles. The Kier molecular flexibility index (Phi) is 4.46. The van der Waals surface area contributed by atoms with E-state index in [0.29, 0.717) is 5.56 Å². The first-order valence-electron chi connectivity index (χ1n) is 5.19. The number of rotatable bonds is 4. The Morgan fingerprint density at radius 1 is 1.44 bits per heavy atom. The van der Waals surface area contributed by atoms with Gasteiger partial charge in [0.1, 0.15) is 0 Å². The van der Waals surface area contributed by atoms with Gasteiger partial charge in [-0.25, -0.2) is 0 Å². The predicted octanol–water partition coefficient (Wildman–Crippen LogP) is 0.386. The largest absolute Gasteiger partial charge is 0.394 e. The quantitative estimate of drug-likeness (QED) is 0.691.